The predicted octanol–water partition coefficient (Wildman–Crippen LogP) is 3.20. The van der Waals surface area contributed by atoms with Crippen LogP contribution in [0.5, 0.6) is 5.75 Å². The molecule has 1 aliphatic heterocycles. The van der Waals surface area contributed by atoms with Crippen molar-refractivity contribution >= 4 is 11.6 Å². The minimum atomic E-state index is 0.313. The molecule has 3 rings (SSSR count). The Hall–Kier alpha value is -2.73. The molecule has 0 radical (unpaired) electrons. The molecule has 168 valence electrons. The van der Waals surface area contributed by atoms with E-state index in [0.29, 0.717) is 19.1 Å². The molecule has 0 unspecified atom stereocenters. The summed E-state index contributed by atoms with van der Waals surface area (Å²) in [6, 6.07) is 16.9. The SMILES string of the molecule is CCNC(=NCc1ccc(N2CCC(CO)CC2)cc1)NCCc1ccc(OC)cc1. The van der Waals surface area contributed by atoms with Gasteiger partial charge in [0, 0.05) is 38.5 Å². The summed E-state index contributed by atoms with van der Waals surface area (Å²) in [5.74, 6) is 2.19. The lowest BCUT2D eigenvalue weighted by Gasteiger charge is -2.32. The maximum absolute atomic E-state index is 9.31. The molecule has 0 bridgehead atoms. The van der Waals surface area contributed by atoms with Crippen molar-refractivity contribution in [2.24, 2.45) is 10.9 Å². The van der Waals surface area contributed by atoms with Gasteiger partial charge in [0.25, 0.3) is 0 Å². The van der Waals surface area contributed by atoms with Gasteiger partial charge in [0.2, 0.25) is 0 Å². The standard InChI is InChI=1S/C25H36N4O2/c1-3-26-25(27-15-12-20-6-10-24(31-2)11-7-20)28-18-21-4-8-23(9-5-21)29-16-13-22(19-30)14-17-29/h4-11,22,30H,3,12-19H2,1-2H3,(H2,26,27,28). The number of aliphatic imine (C=N–C) groups is 1. The fourth-order valence-corrected chi connectivity index (χ4v) is 3.82. The second-order valence-corrected chi connectivity index (χ2v) is 8.00. The molecule has 2 aromatic rings. The second kappa shape index (κ2) is 12.2. The summed E-state index contributed by atoms with van der Waals surface area (Å²) in [5.41, 5.74) is 3.72. The van der Waals surface area contributed by atoms with E-state index < -0.39 is 0 Å². The summed E-state index contributed by atoms with van der Waals surface area (Å²) >= 11 is 0. The average molecular weight is 425 g/mol. The van der Waals surface area contributed by atoms with Gasteiger partial charge in [0.15, 0.2) is 5.96 Å². The summed E-state index contributed by atoms with van der Waals surface area (Å²) < 4.78 is 5.21. The lowest BCUT2D eigenvalue weighted by atomic mass is 9.97. The molecule has 0 aliphatic carbocycles. The van der Waals surface area contributed by atoms with Crippen LogP contribution in [0.3, 0.4) is 0 Å². The molecule has 6 nitrogen and oxygen atoms in total. The molecule has 0 amide bonds. The van der Waals surface area contributed by atoms with Gasteiger partial charge in [-0.1, -0.05) is 24.3 Å². The van der Waals surface area contributed by atoms with E-state index in [2.05, 4.69) is 58.9 Å². The zero-order chi connectivity index (χ0) is 21.9. The number of guanidine groups is 1. The van der Waals surface area contributed by atoms with Crippen LogP contribution < -0.4 is 20.3 Å². The highest BCUT2D eigenvalue weighted by molar-refractivity contribution is 5.79. The van der Waals surface area contributed by atoms with Crippen LogP contribution in [0, 0.1) is 5.92 Å². The largest absolute Gasteiger partial charge is 0.497 e. The summed E-state index contributed by atoms with van der Waals surface area (Å²) in [6.45, 7) is 6.72. The summed E-state index contributed by atoms with van der Waals surface area (Å²) in [6.07, 6.45) is 3.06. The molecule has 0 atom stereocenters. The van der Waals surface area contributed by atoms with Gasteiger partial charge in [0.05, 0.1) is 13.7 Å². The van der Waals surface area contributed by atoms with Crippen LogP contribution in [0.25, 0.3) is 0 Å². The van der Waals surface area contributed by atoms with Gasteiger partial charge < -0.3 is 25.4 Å². The summed E-state index contributed by atoms with van der Waals surface area (Å²) in [5, 5.41) is 16.1. The van der Waals surface area contributed by atoms with Gasteiger partial charge in [-0.05, 0) is 67.5 Å². The first-order chi connectivity index (χ1) is 15.2. The minimum Gasteiger partial charge on any atom is -0.497 e. The molecule has 1 saturated heterocycles. The Morgan fingerprint density at radius 3 is 2.32 bits per heavy atom. The highest BCUT2D eigenvalue weighted by Crippen LogP contribution is 2.23. The van der Waals surface area contributed by atoms with Gasteiger partial charge in [-0.3, -0.25) is 0 Å². The molecule has 31 heavy (non-hydrogen) atoms. The van der Waals surface area contributed by atoms with Crippen molar-refractivity contribution in [1.29, 1.82) is 0 Å². The molecular formula is C25H36N4O2. The summed E-state index contributed by atoms with van der Waals surface area (Å²) in [4.78, 5) is 7.15. The number of aliphatic hydroxyl groups is 1. The van der Waals surface area contributed by atoms with Crippen LogP contribution in [0.4, 0.5) is 5.69 Å². The molecule has 2 aromatic carbocycles. The zero-order valence-corrected chi connectivity index (χ0v) is 18.8. The number of anilines is 1. The van der Waals surface area contributed by atoms with E-state index in [1.54, 1.807) is 7.11 Å². The van der Waals surface area contributed by atoms with Crippen molar-refractivity contribution in [1.82, 2.24) is 10.6 Å². The number of aliphatic hydroxyl groups excluding tert-OH is 1. The van der Waals surface area contributed by atoms with Crippen molar-refractivity contribution in [3.05, 3.63) is 59.7 Å². The lowest BCUT2D eigenvalue weighted by molar-refractivity contribution is 0.203. The Kier molecular flexibility index (Phi) is 9.03. The Bertz CT molecular complexity index is 797. The Morgan fingerprint density at radius 1 is 1.03 bits per heavy atom. The van der Waals surface area contributed by atoms with E-state index in [9.17, 15) is 5.11 Å². The maximum atomic E-state index is 9.31. The third-order valence-electron chi connectivity index (χ3n) is 5.80. The summed E-state index contributed by atoms with van der Waals surface area (Å²) in [7, 11) is 1.68. The number of nitrogens with zero attached hydrogens (tertiary/aromatic N) is 2. The van der Waals surface area contributed by atoms with Gasteiger partial charge >= 0.3 is 0 Å². The molecule has 1 heterocycles. The maximum Gasteiger partial charge on any atom is 0.191 e. The van der Waals surface area contributed by atoms with Crippen LogP contribution in [-0.4, -0.2) is 51.0 Å². The van der Waals surface area contributed by atoms with E-state index >= 15 is 0 Å². The molecule has 6 heteroatoms. The number of hydrogen-bond acceptors (Lipinski definition) is 4. The number of rotatable bonds is 9. The van der Waals surface area contributed by atoms with E-state index in [1.165, 1.54) is 16.8 Å². The molecule has 3 N–H and O–H groups in total. The van der Waals surface area contributed by atoms with Crippen LogP contribution in [0.15, 0.2) is 53.5 Å². The van der Waals surface area contributed by atoms with Crippen LogP contribution in [-0.2, 0) is 13.0 Å². The molecular weight excluding hydrogens is 388 g/mol. The fraction of sp³-hybridized carbons (Fsp3) is 0.480. The third kappa shape index (κ3) is 7.17. The van der Waals surface area contributed by atoms with Gasteiger partial charge in [0.1, 0.15) is 5.75 Å². The lowest BCUT2D eigenvalue weighted by Crippen LogP contribution is -2.38. The van der Waals surface area contributed by atoms with Crippen molar-refractivity contribution in [3.8, 4) is 5.75 Å². The van der Waals surface area contributed by atoms with E-state index in [4.69, 9.17) is 9.73 Å². The first kappa shape index (κ1) is 22.9. The quantitative estimate of drug-likeness (QED) is 0.426. The Balaban J connectivity index is 1.48. The number of hydrogen-bond donors (Lipinski definition) is 3. The third-order valence-corrected chi connectivity index (χ3v) is 5.80. The van der Waals surface area contributed by atoms with Crippen molar-refractivity contribution < 1.29 is 9.84 Å². The first-order valence-corrected chi connectivity index (χ1v) is 11.3. The van der Waals surface area contributed by atoms with Crippen molar-refractivity contribution in [2.45, 2.75) is 32.7 Å². The van der Waals surface area contributed by atoms with Crippen LogP contribution >= 0.6 is 0 Å². The Morgan fingerprint density at radius 2 is 1.71 bits per heavy atom. The number of methoxy groups -OCH3 is 1. The van der Waals surface area contributed by atoms with Crippen molar-refractivity contribution in [2.75, 3.05) is 44.8 Å². The zero-order valence-electron chi connectivity index (χ0n) is 18.8. The van der Waals surface area contributed by atoms with Gasteiger partial charge in [-0.25, -0.2) is 4.99 Å². The average Bonchev–Trinajstić information content (AvgIpc) is 2.83. The second-order valence-electron chi connectivity index (χ2n) is 8.00. The molecule has 1 aliphatic rings. The smallest absolute Gasteiger partial charge is 0.191 e. The minimum absolute atomic E-state index is 0.313. The predicted molar refractivity (Wildman–Crippen MR) is 128 cm³/mol. The van der Waals surface area contributed by atoms with Gasteiger partial charge in [-0.2, -0.15) is 0 Å². The van der Waals surface area contributed by atoms with E-state index in [1.807, 2.05) is 12.1 Å². The number of benzene rings is 2. The van der Waals surface area contributed by atoms with Crippen LogP contribution in [0.2, 0.25) is 0 Å². The number of ether oxygens (including phenoxy) is 1. The normalized spacial score (nSPS) is 15.1. The Labute approximate surface area is 186 Å². The topological polar surface area (TPSA) is 69.1 Å². The monoisotopic (exact) mass is 424 g/mol. The van der Waals surface area contributed by atoms with Crippen molar-refractivity contribution in [3.63, 3.8) is 0 Å². The van der Waals surface area contributed by atoms with Gasteiger partial charge in [-0.15, -0.1) is 0 Å². The highest BCUT2D eigenvalue weighted by Gasteiger charge is 2.18. The number of nitrogens with one attached hydrogen (secondary N) is 2. The first-order valence-electron chi connectivity index (χ1n) is 11.3. The molecule has 0 aromatic heterocycles. The van der Waals surface area contributed by atoms with E-state index in [-0.39, 0.29) is 0 Å². The molecule has 1 fully saturated rings. The highest BCUT2D eigenvalue weighted by atomic mass is 16.5. The molecule has 0 spiro atoms. The fourth-order valence-electron chi connectivity index (χ4n) is 3.82. The molecule has 0 saturated carbocycles. The van der Waals surface area contributed by atoms with E-state index in [0.717, 1.165) is 57.2 Å². The number of piperidine rings is 1. The van der Waals surface area contributed by atoms with Crippen LogP contribution in [0.1, 0.15) is 30.9 Å².